The van der Waals surface area contributed by atoms with Gasteiger partial charge in [0.1, 0.15) is 5.82 Å². The van der Waals surface area contributed by atoms with Crippen molar-refractivity contribution in [3.63, 3.8) is 0 Å². The first-order chi connectivity index (χ1) is 10.9. The first-order valence-corrected chi connectivity index (χ1v) is 7.72. The summed E-state index contributed by atoms with van der Waals surface area (Å²) in [5.74, 6) is -2.18. The standard InChI is InChI=1S/C16H12BrClFNO3/c1-9-2-4-11(7-13(9)18)20-15(21)8-23-16(22)12-5-3-10(17)6-14(12)19/h2-7H,8H2,1H3,(H,20,21). The Morgan fingerprint density at radius 1 is 1.26 bits per heavy atom. The maximum absolute atomic E-state index is 13.6. The van der Waals surface area contributed by atoms with Gasteiger partial charge in [0.25, 0.3) is 5.91 Å². The largest absolute Gasteiger partial charge is 0.452 e. The predicted molar refractivity (Wildman–Crippen MR) is 89.2 cm³/mol. The van der Waals surface area contributed by atoms with E-state index in [1.54, 1.807) is 18.2 Å². The molecular weight excluding hydrogens is 389 g/mol. The molecule has 0 aliphatic rings. The molecular formula is C16H12BrClFNO3. The third kappa shape index (κ3) is 4.77. The van der Waals surface area contributed by atoms with Crippen molar-refractivity contribution in [2.75, 3.05) is 11.9 Å². The minimum absolute atomic E-state index is 0.237. The third-order valence-electron chi connectivity index (χ3n) is 2.94. The first-order valence-electron chi connectivity index (χ1n) is 6.55. The number of ether oxygens (including phenoxy) is 1. The minimum Gasteiger partial charge on any atom is -0.452 e. The van der Waals surface area contributed by atoms with E-state index in [0.717, 1.165) is 11.6 Å². The Hall–Kier alpha value is -1.92. The molecule has 120 valence electrons. The number of amides is 1. The Labute approximate surface area is 145 Å². The maximum atomic E-state index is 13.6. The molecule has 1 N–H and O–H groups in total. The van der Waals surface area contributed by atoms with Crippen molar-refractivity contribution in [3.05, 3.63) is 62.8 Å². The molecule has 0 saturated heterocycles. The molecule has 0 atom stereocenters. The number of rotatable bonds is 4. The molecule has 0 spiro atoms. The van der Waals surface area contributed by atoms with Gasteiger partial charge in [0, 0.05) is 15.2 Å². The van der Waals surface area contributed by atoms with E-state index in [4.69, 9.17) is 16.3 Å². The third-order valence-corrected chi connectivity index (χ3v) is 3.84. The number of carbonyl (C=O) groups is 2. The van der Waals surface area contributed by atoms with Crippen molar-refractivity contribution in [1.29, 1.82) is 0 Å². The van der Waals surface area contributed by atoms with Crippen LogP contribution in [0, 0.1) is 12.7 Å². The minimum atomic E-state index is -0.910. The summed E-state index contributed by atoms with van der Waals surface area (Å²) in [5, 5.41) is 3.05. The number of halogens is 3. The molecule has 0 bridgehead atoms. The Morgan fingerprint density at radius 2 is 2.00 bits per heavy atom. The lowest BCUT2D eigenvalue weighted by Crippen LogP contribution is -2.21. The van der Waals surface area contributed by atoms with E-state index in [0.29, 0.717) is 15.2 Å². The average molecular weight is 401 g/mol. The van der Waals surface area contributed by atoms with E-state index in [1.165, 1.54) is 12.1 Å². The van der Waals surface area contributed by atoms with Crippen LogP contribution in [0.2, 0.25) is 5.02 Å². The maximum Gasteiger partial charge on any atom is 0.341 e. The van der Waals surface area contributed by atoms with E-state index in [2.05, 4.69) is 21.2 Å². The zero-order valence-electron chi connectivity index (χ0n) is 12.0. The van der Waals surface area contributed by atoms with Gasteiger partial charge < -0.3 is 10.1 Å². The molecule has 2 rings (SSSR count). The van der Waals surface area contributed by atoms with Crippen LogP contribution >= 0.6 is 27.5 Å². The highest BCUT2D eigenvalue weighted by Gasteiger charge is 2.15. The lowest BCUT2D eigenvalue weighted by atomic mass is 10.2. The van der Waals surface area contributed by atoms with Crippen molar-refractivity contribution >= 4 is 45.1 Å². The highest BCUT2D eigenvalue weighted by molar-refractivity contribution is 9.10. The first kappa shape index (κ1) is 17.4. The summed E-state index contributed by atoms with van der Waals surface area (Å²) in [5.41, 5.74) is 1.12. The number of hydrogen-bond acceptors (Lipinski definition) is 3. The molecule has 0 aromatic heterocycles. The van der Waals surface area contributed by atoms with Crippen LogP contribution in [-0.4, -0.2) is 18.5 Å². The van der Waals surface area contributed by atoms with E-state index >= 15 is 0 Å². The Balaban J connectivity index is 1.93. The summed E-state index contributed by atoms with van der Waals surface area (Å²) < 4.78 is 18.9. The number of carbonyl (C=O) groups excluding carboxylic acids is 2. The molecule has 0 aliphatic heterocycles. The van der Waals surface area contributed by atoms with Gasteiger partial charge in [-0.25, -0.2) is 9.18 Å². The fourth-order valence-electron chi connectivity index (χ4n) is 1.73. The second kappa shape index (κ2) is 7.57. The number of esters is 1. The number of anilines is 1. The second-order valence-corrected chi connectivity index (χ2v) is 6.04. The van der Waals surface area contributed by atoms with E-state index in [-0.39, 0.29) is 5.56 Å². The van der Waals surface area contributed by atoms with Crippen molar-refractivity contribution in [2.45, 2.75) is 6.92 Å². The molecule has 4 nitrogen and oxygen atoms in total. The monoisotopic (exact) mass is 399 g/mol. The van der Waals surface area contributed by atoms with Gasteiger partial charge in [-0.3, -0.25) is 4.79 Å². The molecule has 23 heavy (non-hydrogen) atoms. The van der Waals surface area contributed by atoms with Crippen LogP contribution in [0.3, 0.4) is 0 Å². The van der Waals surface area contributed by atoms with Crippen LogP contribution in [0.15, 0.2) is 40.9 Å². The lowest BCUT2D eigenvalue weighted by molar-refractivity contribution is -0.119. The SMILES string of the molecule is Cc1ccc(NC(=O)COC(=O)c2ccc(Br)cc2F)cc1Cl. The number of hydrogen-bond donors (Lipinski definition) is 1. The molecule has 2 aromatic rings. The van der Waals surface area contributed by atoms with Crippen LogP contribution in [0.5, 0.6) is 0 Å². The summed E-state index contributed by atoms with van der Waals surface area (Å²) in [4.78, 5) is 23.5. The summed E-state index contributed by atoms with van der Waals surface area (Å²) in [7, 11) is 0. The van der Waals surface area contributed by atoms with Crippen molar-refractivity contribution in [3.8, 4) is 0 Å². The average Bonchev–Trinajstić information content (AvgIpc) is 2.48. The summed E-state index contributed by atoms with van der Waals surface area (Å²) in [6, 6.07) is 8.94. The van der Waals surface area contributed by atoms with Gasteiger partial charge in [-0.1, -0.05) is 33.6 Å². The highest BCUT2D eigenvalue weighted by Crippen LogP contribution is 2.20. The molecule has 0 fully saturated rings. The predicted octanol–water partition coefficient (Wildman–Crippen LogP) is 4.35. The van der Waals surface area contributed by atoms with Gasteiger partial charge in [-0.2, -0.15) is 0 Å². The van der Waals surface area contributed by atoms with Crippen LogP contribution < -0.4 is 5.32 Å². The number of aryl methyl sites for hydroxylation is 1. The quantitative estimate of drug-likeness (QED) is 0.777. The number of benzene rings is 2. The Morgan fingerprint density at radius 3 is 2.65 bits per heavy atom. The van der Waals surface area contributed by atoms with Crippen LogP contribution in [0.25, 0.3) is 0 Å². The molecule has 0 radical (unpaired) electrons. The van der Waals surface area contributed by atoms with Gasteiger partial charge in [-0.15, -0.1) is 0 Å². The summed E-state index contributed by atoms with van der Waals surface area (Å²) >= 11 is 9.04. The Kier molecular flexibility index (Phi) is 5.74. The fourth-order valence-corrected chi connectivity index (χ4v) is 2.25. The molecule has 7 heteroatoms. The topological polar surface area (TPSA) is 55.4 Å². The van der Waals surface area contributed by atoms with Crippen molar-refractivity contribution < 1.29 is 18.7 Å². The molecule has 0 aliphatic carbocycles. The second-order valence-electron chi connectivity index (χ2n) is 4.71. The Bertz CT molecular complexity index is 767. The van der Waals surface area contributed by atoms with Crippen LogP contribution in [-0.2, 0) is 9.53 Å². The molecule has 0 saturated carbocycles. The van der Waals surface area contributed by atoms with Crippen molar-refractivity contribution in [1.82, 2.24) is 0 Å². The molecule has 1 amide bonds. The van der Waals surface area contributed by atoms with E-state index in [1.807, 2.05) is 6.92 Å². The highest BCUT2D eigenvalue weighted by atomic mass is 79.9. The van der Waals surface area contributed by atoms with Gasteiger partial charge in [0.05, 0.1) is 5.56 Å². The van der Waals surface area contributed by atoms with Crippen LogP contribution in [0.4, 0.5) is 10.1 Å². The molecule has 0 unspecified atom stereocenters. The van der Waals surface area contributed by atoms with Gasteiger partial charge in [-0.05, 0) is 42.8 Å². The number of nitrogens with one attached hydrogen (secondary N) is 1. The fraction of sp³-hybridized carbons (Fsp3) is 0.125. The zero-order valence-corrected chi connectivity index (χ0v) is 14.4. The lowest BCUT2D eigenvalue weighted by Gasteiger charge is -2.08. The normalized spacial score (nSPS) is 10.3. The van der Waals surface area contributed by atoms with E-state index < -0.39 is 24.3 Å². The van der Waals surface area contributed by atoms with Crippen LogP contribution in [0.1, 0.15) is 15.9 Å². The van der Waals surface area contributed by atoms with Gasteiger partial charge in [0.15, 0.2) is 6.61 Å². The summed E-state index contributed by atoms with van der Waals surface area (Å²) in [6.07, 6.45) is 0. The molecule has 0 heterocycles. The summed E-state index contributed by atoms with van der Waals surface area (Å²) in [6.45, 7) is 1.31. The zero-order chi connectivity index (χ0) is 17.0. The van der Waals surface area contributed by atoms with Gasteiger partial charge >= 0.3 is 5.97 Å². The van der Waals surface area contributed by atoms with Crippen molar-refractivity contribution in [2.24, 2.45) is 0 Å². The van der Waals surface area contributed by atoms with Gasteiger partial charge in [0.2, 0.25) is 0 Å². The van der Waals surface area contributed by atoms with E-state index in [9.17, 15) is 14.0 Å². The smallest absolute Gasteiger partial charge is 0.341 e. The molecule has 2 aromatic carbocycles.